The number of ether oxygens (including phenoxy) is 1. The van der Waals surface area contributed by atoms with E-state index in [4.69, 9.17) is 4.74 Å². The van der Waals surface area contributed by atoms with Crippen molar-refractivity contribution in [2.45, 2.75) is 26.4 Å². The summed E-state index contributed by atoms with van der Waals surface area (Å²) in [6.07, 6.45) is 0.227. The molecule has 0 heterocycles. The largest absolute Gasteiger partial charge is 0.458 e. The molecule has 2 rings (SSSR count). The van der Waals surface area contributed by atoms with E-state index < -0.39 is 0 Å². The SMILES string of the molecule is CCC(=O)O[C@H](C)c1ccc2ccccc2c1. The molecular weight excluding hydrogens is 212 g/mol. The fourth-order valence-electron chi connectivity index (χ4n) is 1.81. The van der Waals surface area contributed by atoms with E-state index in [2.05, 4.69) is 24.3 Å². The van der Waals surface area contributed by atoms with Gasteiger partial charge < -0.3 is 4.74 Å². The van der Waals surface area contributed by atoms with Gasteiger partial charge >= 0.3 is 5.97 Å². The Morgan fingerprint density at radius 3 is 2.59 bits per heavy atom. The van der Waals surface area contributed by atoms with Crippen molar-refractivity contribution in [3.8, 4) is 0 Å². The molecule has 0 aliphatic carbocycles. The second-order valence-electron chi connectivity index (χ2n) is 4.09. The van der Waals surface area contributed by atoms with Crippen LogP contribution in [0.4, 0.5) is 0 Å². The number of hydrogen-bond donors (Lipinski definition) is 0. The van der Waals surface area contributed by atoms with Gasteiger partial charge in [-0.3, -0.25) is 4.79 Å². The van der Waals surface area contributed by atoms with E-state index >= 15 is 0 Å². The molecule has 0 spiro atoms. The van der Waals surface area contributed by atoms with Crippen LogP contribution in [0.2, 0.25) is 0 Å². The van der Waals surface area contributed by atoms with Gasteiger partial charge in [0, 0.05) is 6.42 Å². The summed E-state index contributed by atoms with van der Waals surface area (Å²) < 4.78 is 5.30. The van der Waals surface area contributed by atoms with Crippen molar-refractivity contribution in [1.29, 1.82) is 0 Å². The van der Waals surface area contributed by atoms with Gasteiger partial charge in [0.25, 0.3) is 0 Å². The van der Waals surface area contributed by atoms with Gasteiger partial charge in [0.1, 0.15) is 6.10 Å². The molecule has 0 fully saturated rings. The predicted molar refractivity (Wildman–Crippen MR) is 68.7 cm³/mol. The first-order chi connectivity index (χ1) is 8.20. The zero-order valence-electron chi connectivity index (χ0n) is 10.1. The Labute approximate surface area is 101 Å². The molecule has 2 heteroatoms. The highest BCUT2D eigenvalue weighted by Gasteiger charge is 2.10. The smallest absolute Gasteiger partial charge is 0.306 e. The molecular formula is C15H16O2. The fourth-order valence-corrected chi connectivity index (χ4v) is 1.81. The van der Waals surface area contributed by atoms with Crippen LogP contribution in [0.15, 0.2) is 42.5 Å². The maximum Gasteiger partial charge on any atom is 0.306 e. The van der Waals surface area contributed by atoms with Crippen LogP contribution in [-0.2, 0) is 9.53 Å². The number of carbonyl (C=O) groups is 1. The molecule has 0 unspecified atom stereocenters. The zero-order valence-corrected chi connectivity index (χ0v) is 10.1. The highest BCUT2D eigenvalue weighted by molar-refractivity contribution is 5.83. The van der Waals surface area contributed by atoms with Gasteiger partial charge in [-0.05, 0) is 29.3 Å². The lowest BCUT2D eigenvalue weighted by Crippen LogP contribution is -2.07. The van der Waals surface area contributed by atoms with Crippen molar-refractivity contribution in [2.75, 3.05) is 0 Å². The lowest BCUT2D eigenvalue weighted by atomic mass is 10.0. The maximum absolute atomic E-state index is 11.2. The van der Waals surface area contributed by atoms with E-state index in [0.717, 1.165) is 5.56 Å². The van der Waals surface area contributed by atoms with Crippen molar-refractivity contribution in [1.82, 2.24) is 0 Å². The van der Waals surface area contributed by atoms with E-state index in [9.17, 15) is 4.79 Å². The zero-order chi connectivity index (χ0) is 12.3. The molecule has 2 nitrogen and oxygen atoms in total. The standard InChI is InChI=1S/C15H16O2/c1-3-15(16)17-11(2)13-9-8-12-6-4-5-7-14(12)10-13/h4-11H,3H2,1-2H3/t11-/m1/s1. The van der Waals surface area contributed by atoms with E-state index in [-0.39, 0.29) is 12.1 Å². The van der Waals surface area contributed by atoms with Crippen LogP contribution in [0, 0.1) is 0 Å². The lowest BCUT2D eigenvalue weighted by molar-refractivity contribution is -0.148. The predicted octanol–water partition coefficient (Wildman–Crippen LogP) is 3.85. The van der Waals surface area contributed by atoms with Gasteiger partial charge in [-0.25, -0.2) is 0 Å². The van der Waals surface area contributed by atoms with E-state index in [1.54, 1.807) is 6.92 Å². The number of hydrogen-bond acceptors (Lipinski definition) is 2. The Balaban J connectivity index is 2.26. The molecule has 0 bridgehead atoms. The summed E-state index contributed by atoms with van der Waals surface area (Å²) in [7, 11) is 0. The molecule has 0 aliphatic heterocycles. The Morgan fingerprint density at radius 1 is 1.18 bits per heavy atom. The Hall–Kier alpha value is -1.83. The average Bonchev–Trinajstić information content (AvgIpc) is 2.38. The van der Waals surface area contributed by atoms with Gasteiger partial charge in [-0.2, -0.15) is 0 Å². The van der Waals surface area contributed by atoms with Crippen LogP contribution in [0.3, 0.4) is 0 Å². The topological polar surface area (TPSA) is 26.3 Å². The first kappa shape index (κ1) is 11.6. The fraction of sp³-hybridized carbons (Fsp3) is 0.267. The van der Waals surface area contributed by atoms with Gasteiger partial charge in [0.05, 0.1) is 0 Å². The van der Waals surface area contributed by atoms with E-state index in [1.807, 2.05) is 25.1 Å². The molecule has 0 N–H and O–H groups in total. The second-order valence-corrected chi connectivity index (χ2v) is 4.09. The highest BCUT2D eigenvalue weighted by Crippen LogP contribution is 2.22. The Bertz CT molecular complexity index is 531. The van der Waals surface area contributed by atoms with Gasteiger partial charge in [-0.15, -0.1) is 0 Å². The van der Waals surface area contributed by atoms with Gasteiger partial charge in [-0.1, -0.05) is 43.3 Å². The Kier molecular flexibility index (Phi) is 3.43. The van der Waals surface area contributed by atoms with Crippen LogP contribution in [0.5, 0.6) is 0 Å². The third kappa shape index (κ3) is 2.64. The summed E-state index contributed by atoms with van der Waals surface area (Å²) in [6, 6.07) is 14.3. The molecule has 0 saturated carbocycles. The minimum absolute atomic E-state index is 0.161. The van der Waals surface area contributed by atoms with Crippen LogP contribution in [-0.4, -0.2) is 5.97 Å². The summed E-state index contributed by atoms with van der Waals surface area (Å²) in [5.41, 5.74) is 1.03. The van der Waals surface area contributed by atoms with Crippen molar-refractivity contribution < 1.29 is 9.53 Å². The third-order valence-electron chi connectivity index (χ3n) is 2.84. The molecule has 0 radical (unpaired) electrons. The summed E-state index contributed by atoms with van der Waals surface area (Å²) in [4.78, 5) is 11.2. The van der Waals surface area contributed by atoms with Crippen LogP contribution in [0.1, 0.15) is 31.9 Å². The summed E-state index contributed by atoms with van der Waals surface area (Å²) in [5.74, 6) is -0.161. The van der Waals surface area contributed by atoms with Crippen molar-refractivity contribution in [3.05, 3.63) is 48.0 Å². The molecule has 2 aromatic rings. The summed E-state index contributed by atoms with van der Waals surface area (Å²) >= 11 is 0. The molecule has 1 atom stereocenters. The molecule has 88 valence electrons. The van der Waals surface area contributed by atoms with Crippen LogP contribution >= 0.6 is 0 Å². The molecule has 0 aliphatic rings. The summed E-state index contributed by atoms with van der Waals surface area (Å²) in [6.45, 7) is 3.70. The monoisotopic (exact) mass is 228 g/mol. The minimum atomic E-state index is -0.188. The molecule has 0 aromatic heterocycles. The minimum Gasteiger partial charge on any atom is -0.458 e. The highest BCUT2D eigenvalue weighted by atomic mass is 16.5. The van der Waals surface area contributed by atoms with E-state index in [1.165, 1.54) is 10.8 Å². The molecule has 2 aromatic carbocycles. The quantitative estimate of drug-likeness (QED) is 0.746. The first-order valence-corrected chi connectivity index (χ1v) is 5.89. The normalized spacial score (nSPS) is 12.4. The molecule has 0 amide bonds. The number of carbonyl (C=O) groups excluding carboxylic acids is 1. The molecule has 0 saturated heterocycles. The number of esters is 1. The maximum atomic E-state index is 11.2. The lowest BCUT2D eigenvalue weighted by Gasteiger charge is -2.13. The van der Waals surface area contributed by atoms with Crippen LogP contribution < -0.4 is 0 Å². The number of rotatable bonds is 3. The van der Waals surface area contributed by atoms with Gasteiger partial charge in [0.15, 0.2) is 0 Å². The van der Waals surface area contributed by atoms with Crippen molar-refractivity contribution >= 4 is 16.7 Å². The molecule has 17 heavy (non-hydrogen) atoms. The first-order valence-electron chi connectivity index (χ1n) is 5.89. The summed E-state index contributed by atoms with van der Waals surface area (Å²) in [5, 5.41) is 2.37. The van der Waals surface area contributed by atoms with Crippen LogP contribution in [0.25, 0.3) is 10.8 Å². The van der Waals surface area contributed by atoms with Crippen molar-refractivity contribution in [2.24, 2.45) is 0 Å². The third-order valence-corrected chi connectivity index (χ3v) is 2.84. The van der Waals surface area contributed by atoms with Crippen molar-refractivity contribution in [3.63, 3.8) is 0 Å². The van der Waals surface area contributed by atoms with E-state index in [0.29, 0.717) is 6.42 Å². The number of fused-ring (bicyclic) bond motifs is 1. The Morgan fingerprint density at radius 2 is 1.88 bits per heavy atom. The average molecular weight is 228 g/mol. The van der Waals surface area contributed by atoms with Gasteiger partial charge in [0.2, 0.25) is 0 Å². The second kappa shape index (κ2) is 5.00. The number of benzene rings is 2.